The van der Waals surface area contributed by atoms with Crippen molar-refractivity contribution >= 4 is 0 Å². The van der Waals surface area contributed by atoms with Gasteiger partial charge < -0.3 is 4.74 Å². The first kappa shape index (κ1) is 7.66. The number of nitrogens with one attached hydrogen (secondary N) is 1. The summed E-state index contributed by atoms with van der Waals surface area (Å²) in [5.74, 6) is 1.00. The van der Waals surface area contributed by atoms with E-state index in [9.17, 15) is 0 Å². The number of H-pyrrole nitrogens is 1. The number of ether oxygens (including phenoxy) is 1. The molecule has 2 heterocycles. The van der Waals surface area contributed by atoms with Gasteiger partial charge in [-0.15, -0.1) is 5.10 Å². The van der Waals surface area contributed by atoms with Crippen LogP contribution in [0.4, 0.5) is 0 Å². The minimum Gasteiger partial charge on any atom is -0.481 e. The minimum atomic E-state index is 0.494. The zero-order valence-corrected chi connectivity index (χ0v) is 6.93. The van der Waals surface area contributed by atoms with E-state index in [2.05, 4.69) is 25.4 Å². The average Bonchev–Trinajstić information content (AvgIpc) is 2.71. The smallest absolute Gasteiger partial charge is 0.216 e. The molecule has 2 aromatic rings. The molecule has 0 aromatic carbocycles. The molecule has 6 nitrogen and oxygen atoms in total. The van der Waals surface area contributed by atoms with Gasteiger partial charge in [0.1, 0.15) is 5.69 Å². The van der Waals surface area contributed by atoms with Gasteiger partial charge in [0, 0.05) is 12.3 Å². The third-order valence-corrected chi connectivity index (χ3v) is 1.49. The van der Waals surface area contributed by atoms with Crippen LogP contribution in [0.5, 0.6) is 5.88 Å². The normalized spacial score (nSPS) is 9.92. The van der Waals surface area contributed by atoms with Gasteiger partial charge >= 0.3 is 0 Å². The van der Waals surface area contributed by atoms with Crippen LogP contribution in [-0.4, -0.2) is 32.5 Å². The van der Waals surface area contributed by atoms with Crippen molar-refractivity contribution in [3.05, 3.63) is 18.5 Å². The molecule has 2 rings (SSSR count). The van der Waals surface area contributed by atoms with Gasteiger partial charge in [-0.1, -0.05) is 5.21 Å². The van der Waals surface area contributed by atoms with Crippen molar-refractivity contribution in [2.45, 2.75) is 0 Å². The highest BCUT2D eigenvalue weighted by molar-refractivity contribution is 5.46. The lowest BCUT2D eigenvalue weighted by molar-refractivity contribution is 0.397. The predicted molar refractivity (Wildman–Crippen MR) is 44.0 cm³/mol. The van der Waals surface area contributed by atoms with Gasteiger partial charge in [0.05, 0.1) is 13.3 Å². The van der Waals surface area contributed by atoms with Gasteiger partial charge in [0.15, 0.2) is 5.82 Å². The molecule has 0 aliphatic carbocycles. The van der Waals surface area contributed by atoms with E-state index in [0.29, 0.717) is 17.4 Å². The van der Waals surface area contributed by atoms with Crippen molar-refractivity contribution < 1.29 is 4.74 Å². The van der Waals surface area contributed by atoms with Gasteiger partial charge in [-0.2, -0.15) is 4.98 Å². The molecule has 0 radical (unpaired) electrons. The van der Waals surface area contributed by atoms with E-state index in [4.69, 9.17) is 4.74 Å². The maximum Gasteiger partial charge on any atom is 0.216 e. The van der Waals surface area contributed by atoms with Crippen LogP contribution < -0.4 is 4.74 Å². The Balaban J connectivity index is 2.41. The van der Waals surface area contributed by atoms with Crippen molar-refractivity contribution in [3.8, 4) is 17.4 Å². The lowest BCUT2D eigenvalue weighted by Gasteiger charge is -1.98. The second kappa shape index (κ2) is 3.18. The summed E-state index contributed by atoms with van der Waals surface area (Å²) >= 11 is 0. The van der Waals surface area contributed by atoms with Crippen LogP contribution in [0.25, 0.3) is 11.5 Å². The highest BCUT2D eigenvalue weighted by Crippen LogP contribution is 2.12. The minimum absolute atomic E-state index is 0.494. The molecule has 0 amide bonds. The van der Waals surface area contributed by atoms with Gasteiger partial charge in [-0.3, -0.25) is 5.10 Å². The van der Waals surface area contributed by atoms with Crippen molar-refractivity contribution in [2.75, 3.05) is 7.11 Å². The van der Waals surface area contributed by atoms with Gasteiger partial charge in [0.25, 0.3) is 0 Å². The topological polar surface area (TPSA) is 76.6 Å². The summed E-state index contributed by atoms with van der Waals surface area (Å²) in [7, 11) is 1.55. The largest absolute Gasteiger partial charge is 0.481 e. The highest BCUT2D eigenvalue weighted by atomic mass is 16.5. The van der Waals surface area contributed by atoms with Crippen molar-refractivity contribution in [1.29, 1.82) is 0 Å². The van der Waals surface area contributed by atoms with Crippen molar-refractivity contribution in [1.82, 2.24) is 25.4 Å². The summed E-state index contributed by atoms with van der Waals surface area (Å²) < 4.78 is 4.94. The Hall–Kier alpha value is -1.98. The van der Waals surface area contributed by atoms with Crippen LogP contribution in [0.15, 0.2) is 18.5 Å². The van der Waals surface area contributed by atoms with Crippen LogP contribution in [0.1, 0.15) is 0 Å². The predicted octanol–water partition coefficient (Wildman–Crippen LogP) is 0.270. The summed E-state index contributed by atoms with van der Waals surface area (Å²) in [6.45, 7) is 0. The van der Waals surface area contributed by atoms with Crippen LogP contribution in [0.2, 0.25) is 0 Å². The second-order valence-corrected chi connectivity index (χ2v) is 2.28. The van der Waals surface area contributed by atoms with E-state index in [1.807, 2.05) is 0 Å². The summed E-state index contributed by atoms with van der Waals surface area (Å²) in [5.41, 5.74) is 0.596. The molecular weight excluding hydrogens is 170 g/mol. The van der Waals surface area contributed by atoms with Crippen LogP contribution in [0, 0.1) is 0 Å². The molecule has 0 atom stereocenters. The quantitative estimate of drug-likeness (QED) is 0.712. The zero-order valence-electron chi connectivity index (χ0n) is 6.93. The molecule has 0 spiro atoms. The molecule has 1 N–H and O–H groups in total. The number of nitrogens with zero attached hydrogens (tertiary/aromatic N) is 4. The molecule has 0 unspecified atom stereocenters. The molecular formula is C7H7N5O. The Bertz CT molecular complexity index is 386. The monoisotopic (exact) mass is 177 g/mol. The lowest BCUT2D eigenvalue weighted by Crippen LogP contribution is -1.92. The highest BCUT2D eigenvalue weighted by Gasteiger charge is 2.04. The van der Waals surface area contributed by atoms with Gasteiger partial charge in [0.2, 0.25) is 5.88 Å². The van der Waals surface area contributed by atoms with E-state index in [-0.39, 0.29) is 0 Å². The fraction of sp³-hybridized carbons (Fsp3) is 0.143. The Morgan fingerprint density at radius 1 is 1.46 bits per heavy atom. The SMILES string of the molecule is COc1ccnc(-c2c[nH]nn2)n1. The van der Waals surface area contributed by atoms with Crippen molar-refractivity contribution in [3.63, 3.8) is 0 Å². The molecule has 0 aliphatic rings. The first-order chi connectivity index (χ1) is 6.40. The molecule has 0 fully saturated rings. The third-order valence-electron chi connectivity index (χ3n) is 1.49. The first-order valence-electron chi connectivity index (χ1n) is 3.64. The molecule has 0 saturated heterocycles. The Labute approximate surface area is 74.0 Å². The Kier molecular flexibility index (Phi) is 1.87. The maximum absolute atomic E-state index is 4.94. The molecule has 66 valence electrons. The van der Waals surface area contributed by atoms with E-state index in [0.717, 1.165) is 0 Å². The molecule has 2 aromatic heterocycles. The maximum atomic E-state index is 4.94. The van der Waals surface area contributed by atoms with E-state index in [1.54, 1.807) is 25.6 Å². The van der Waals surface area contributed by atoms with Crippen LogP contribution in [0.3, 0.4) is 0 Å². The summed E-state index contributed by atoms with van der Waals surface area (Å²) in [6, 6.07) is 1.67. The van der Waals surface area contributed by atoms with Crippen molar-refractivity contribution in [2.24, 2.45) is 0 Å². The third kappa shape index (κ3) is 1.46. The lowest BCUT2D eigenvalue weighted by atomic mass is 10.4. The number of rotatable bonds is 2. The molecule has 6 heteroatoms. The number of hydrogen-bond donors (Lipinski definition) is 1. The summed E-state index contributed by atoms with van der Waals surface area (Å²) in [6.07, 6.45) is 3.23. The molecule has 0 aliphatic heterocycles. The fourth-order valence-electron chi connectivity index (χ4n) is 0.890. The molecule has 0 bridgehead atoms. The summed E-state index contributed by atoms with van der Waals surface area (Å²) in [4.78, 5) is 8.09. The number of methoxy groups -OCH3 is 1. The van der Waals surface area contributed by atoms with Crippen LogP contribution in [-0.2, 0) is 0 Å². The fourth-order valence-corrected chi connectivity index (χ4v) is 0.890. The van der Waals surface area contributed by atoms with E-state index in [1.165, 1.54) is 0 Å². The number of aromatic nitrogens is 5. The van der Waals surface area contributed by atoms with E-state index >= 15 is 0 Å². The van der Waals surface area contributed by atoms with Gasteiger partial charge in [-0.05, 0) is 0 Å². The number of aromatic amines is 1. The first-order valence-corrected chi connectivity index (χ1v) is 3.64. The van der Waals surface area contributed by atoms with Gasteiger partial charge in [-0.25, -0.2) is 4.98 Å². The number of hydrogen-bond acceptors (Lipinski definition) is 5. The van der Waals surface area contributed by atoms with E-state index < -0.39 is 0 Å². The standard InChI is InChI=1S/C7H7N5O/c1-13-6-2-3-8-7(10-6)5-4-9-12-11-5/h2-4H,1H3,(H,9,11,12). The average molecular weight is 177 g/mol. The Morgan fingerprint density at radius 2 is 2.38 bits per heavy atom. The molecule has 0 saturated carbocycles. The Morgan fingerprint density at radius 3 is 3.08 bits per heavy atom. The van der Waals surface area contributed by atoms with Crippen LogP contribution >= 0.6 is 0 Å². The zero-order chi connectivity index (χ0) is 9.10. The second-order valence-electron chi connectivity index (χ2n) is 2.28. The summed E-state index contributed by atoms with van der Waals surface area (Å²) in [5, 5.41) is 9.92. The molecule has 13 heavy (non-hydrogen) atoms.